The number of carboxylic acid groups (broad SMARTS) is 1. The zero-order valence-electron chi connectivity index (χ0n) is 11.0. The molecule has 0 bridgehead atoms. The average molecular weight is 369 g/mol. The maximum Gasteiger partial charge on any atom is 0.336 e. The van der Waals surface area contributed by atoms with Gasteiger partial charge < -0.3 is 10.4 Å². The Morgan fingerprint density at radius 3 is 2.52 bits per heavy atom. The van der Waals surface area contributed by atoms with Gasteiger partial charge in [0.15, 0.2) is 0 Å². The van der Waals surface area contributed by atoms with E-state index in [1.807, 2.05) is 6.92 Å². The topological polar surface area (TPSA) is 66.4 Å². The summed E-state index contributed by atoms with van der Waals surface area (Å²) in [6, 6.07) is 9.59. The van der Waals surface area contributed by atoms with Gasteiger partial charge in [-0.3, -0.25) is 4.79 Å². The maximum atomic E-state index is 12.2. The lowest BCUT2D eigenvalue weighted by Gasteiger charge is -2.08. The number of anilines is 1. The van der Waals surface area contributed by atoms with Crippen molar-refractivity contribution in [3.8, 4) is 0 Å². The first-order valence-corrected chi connectivity index (χ1v) is 7.15. The van der Waals surface area contributed by atoms with Crippen LogP contribution >= 0.6 is 27.5 Å². The molecule has 6 heteroatoms. The van der Waals surface area contributed by atoms with Gasteiger partial charge in [0.25, 0.3) is 5.91 Å². The van der Waals surface area contributed by atoms with Crippen molar-refractivity contribution >= 4 is 45.1 Å². The number of hydrogen-bond donors (Lipinski definition) is 2. The second-order valence-corrected chi connectivity index (χ2v) is 5.76. The van der Waals surface area contributed by atoms with Crippen molar-refractivity contribution in [1.82, 2.24) is 0 Å². The third-order valence-corrected chi connectivity index (χ3v) is 3.67. The van der Waals surface area contributed by atoms with Crippen LogP contribution < -0.4 is 5.32 Å². The molecule has 21 heavy (non-hydrogen) atoms. The average Bonchev–Trinajstić information content (AvgIpc) is 2.39. The molecule has 0 fully saturated rings. The molecule has 0 unspecified atom stereocenters. The number of amides is 1. The van der Waals surface area contributed by atoms with Gasteiger partial charge in [-0.05, 0) is 64.8 Å². The van der Waals surface area contributed by atoms with Crippen molar-refractivity contribution in [1.29, 1.82) is 0 Å². The summed E-state index contributed by atoms with van der Waals surface area (Å²) in [5.41, 5.74) is 1.77. The van der Waals surface area contributed by atoms with Gasteiger partial charge in [0.1, 0.15) is 0 Å². The Morgan fingerprint density at radius 1 is 1.19 bits per heavy atom. The molecular formula is C15H11BrClNO3. The highest BCUT2D eigenvalue weighted by atomic mass is 79.9. The quantitative estimate of drug-likeness (QED) is 0.846. The second-order valence-electron chi connectivity index (χ2n) is 4.47. The van der Waals surface area contributed by atoms with Crippen LogP contribution in [0.5, 0.6) is 0 Å². The maximum absolute atomic E-state index is 12.2. The van der Waals surface area contributed by atoms with Crippen LogP contribution in [0.25, 0.3) is 0 Å². The molecule has 2 aromatic carbocycles. The minimum atomic E-state index is -1.07. The minimum Gasteiger partial charge on any atom is -0.478 e. The zero-order valence-corrected chi connectivity index (χ0v) is 13.3. The number of aryl methyl sites for hydroxylation is 1. The van der Waals surface area contributed by atoms with Crippen molar-refractivity contribution < 1.29 is 14.7 Å². The Kier molecular flexibility index (Phi) is 4.65. The fourth-order valence-electron chi connectivity index (χ4n) is 1.84. The van der Waals surface area contributed by atoms with Gasteiger partial charge >= 0.3 is 5.97 Å². The van der Waals surface area contributed by atoms with E-state index in [0.29, 0.717) is 20.7 Å². The van der Waals surface area contributed by atoms with Crippen LogP contribution in [0.2, 0.25) is 5.02 Å². The van der Waals surface area contributed by atoms with Crippen molar-refractivity contribution in [3.05, 3.63) is 62.6 Å². The smallest absolute Gasteiger partial charge is 0.336 e. The Labute approximate surface area is 134 Å². The summed E-state index contributed by atoms with van der Waals surface area (Å²) in [4.78, 5) is 23.2. The van der Waals surface area contributed by atoms with E-state index < -0.39 is 5.97 Å². The summed E-state index contributed by atoms with van der Waals surface area (Å²) in [6.45, 7) is 1.84. The van der Waals surface area contributed by atoms with E-state index in [1.165, 1.54) is 6.07 Å². The Hall–Kier alpha value is -1.85. The van der Waals surface area contributed by atoms with Crippen LogP contribution in [-0.4, -0.2) is 17.0 Å². The molecule has 108 valence electrons. The monoisotopic (exact) mass is 367 g/mol. The molecule has 0 spiro atoms. The van der Waals surface area contributed by atoms with Crippen LogP contribution in [0.4, 0.5) is 5.69 Å². The first-order valence-electron chi connectivity index (χ1n) is 5.98. The number of carbonyl (C=O) groups is 2. The molecule has 0 aliphatic carbocycles. The number of aromatic carboxylic acids is 1. The van der Waals surface area contributed by atoms with Gasteiger partial charge in [0.2, 0.25) is 0 Å². The lowest BCUT2D eigenvalue weighted by Crippen LogP contribution is -2.12. The van der Waals surface area contributed by atoms with Gasteiger partial charge in [-0.2, -0.15) is 0 Å². The molecular weight excluding hydrogens is 358 g/mol. The molecule has 2 N–H and O–H groups in total. The van der Waals surface area contributed by atoms with E-state index in [0.717, 1.165) is 5.56 Å². The Balaban J connectivity index is 2.27. The van der Waals surface area contributed by atoms with Crippen molar-refractivity contribution in [3.63, 3.8) is 0 Å². The highest BCUT2D eigenvalue weighted by Gasteiger charge is 2.12. The summed E-state index contributed by atoms with van der Waals surface area (Å²) in [5, 5.41) is 12.2. The van der Waals surface area contributed by atoms with Gasteiger partial charge in [-0.25, -0.2) is 4.79 Å². The summed E-state index contributed by atoms with van der Waals surface area (Å²) >= 11 is 9.07. The number of rotatable bonds is 3. The van der Waals surface area contributed by atoms with E-state index in [9.17, 15) is 9.59 Å². The first-order chi connectivity index (χ1) is 9.86. The largest absolute Gasteiger partial charge is 0.478 e. The third-order valence-electron chi connectivity index (χ3n) is 2.76. The molecule has 0 atom stereocenters. The van der Waals surface area contributed by atoms with Crippen molar-refractivity contribution in [2.75, 3.05) is 5.32 Å². The van der Waals surface area contributed by atoms with Crippen LogP contribution in [0.15, 0.2) is 40.9 Å². The summed E-state index contributed by atoms with van der Waals surface area (Å²) in [6.07, 6.45) is 0. The summed E-state index contributed by atoms with van der Waals surface area (Å²) in [5.74, 6) is -1.42. The standard InChI is InChI=1S/C15H11BrClNO3/c1-8-4-9(6-10(17)5-8)14(19)18-11-2-3-13(16)12(7-11)15(20)21/h2-7H,1H3,(H,18,19)(H,20,21). The van der Waals surface area contributed by atoms with Gasteiger partial charge in [-0.15, -0.1) is 0 Å². The van der Waals surface area contributed by atoms with Gasteiger partial charge in [0.05, 0.1) is 5.56 Å². The van der Waals surface area contributed by atoms with Crippen molar-refractivity contribution in [2.24, 2.45) is 0 Å². The predicted molar refractivity (Wildman–Crippen MR) is 85.2 cm³/mol. The van der Waals surface area contributed by atoms with Crippen LogP contribution in [0.1, 0.15) is 26.3 Å². The highest BCUT2D eigenvalue weighted by molar-refractivity contribution is 9.10. The summed E-state index contributed by atoms with van der Waals surface area (Å²) in [7, 11) is 0. The zero-order chi connectivity index (χ0) is 15.6. The third kappa shape index (κ3) is 3.83. The Morgan fingerprint density at radius 2 is 1.90 bits per heavy atom. The molecule has 0 saturated heterocycles. The molecule has 0 heterocycles. The van der Waals surface area contributed by atoms with Crippen molar-refractivity contribution in [2.45, 2.75) is 6.92 Å². The molecule has 0 aliphatic rings. The molecule has 0 radical (unpaired) electrons. The number of carbonyl (C=O) groups excluding carboxylic acids is 1. The highest BCUT2D eigenvalue weighted by Crippen LogP contribution is 2.22. The SMILES string of the molecule is Cc1cc(Cl)cc(C(=O)Nc2ccc(Br)c(C(=O)O)c2)c1. The van der Waals surface area contributed by atoms with Gasteiger partial charge in [0, 0.05) is 20.7 Å². The lowest BCUT2D eigenvalue weighted by molar-refractivity contribution is 0.0695. The molecule has 1 amide bonds. The number of hydrogen-bond acceptors (Lipinski definition) is 2. The lowest BCUT2D eigenvalue weighted by atomic mass is 10.1. The molecule has 0 saturated carbocycles. The molecule has 2 rings (SSSR count). The van der Waals surface area contributed by atoms with E-state index >= 15 is 0 Å². The fraction of sp³-hybridized carbons (Fsp3) is 0.0667. The fourth-order valence-corrected chi connectivity index (χ4v) is 2.54. The minimum absolute atomic E-state index is 0.0788. The van der Waals surface area contributed by atoms with E-state index in [4.69, 9.17) is 16.7 Å². The normalized spacial score (nSPS) is 10.2. The predicted octanol–water partition coefficient (Wildman–Crippen LogP) is 4.36. The van der Waals surface area contributed by atoms with Crippen LogP contribution in [-0.2, 0) is 0 Å². The molecule has 0 aliphatic heterocycles. The van der Waals surface area contributed by atoms with Gasteiger partial charge in [-0.1, -0.05) is 11.6 Å². The first kappa shape index (κ1) is 15.5. The number of nitrogens with one attached hydrogen (secondary N) is 1. The molecule has 4 nitrogen and oxygen atoms in total. The molecule has 0 aromatic heterocycles. The Bertz CT molecular complexity index is 711. The number of benzene rings is 2. The van der Waals surface area contributed by atoms with E-state index in [-0.39, 0.29) is 11.5 Å². The van der Waals surface area contributed by atoms with Crippen LogP contribution in [0, 0.1) is 6.92 Å². The second kappa shape index (κ2) is 6.28. The number of halogens is 2. The van der Waals surface area contributed by atoms with E-state index in [1.54, 1.807) is 30.3 Å². The number of carboxylic acids is 1. The van der Waals surface area contributed by atoms with E-state index in [2.05, 4.69) is 21.2 Å². The van der Waals surface area contributed by atoms with Crippen LogP contribution in [0.3, 0.4) is 0 Å². The molecule has 2 aromatic rings. The summed E-state index contributed by atoms with van der Waals surface area (Å²) < 4.78 is 0.451.